The number of azide groups is 1. The Kier molecular flexibility index (Phi) is 8.64. The lowest BCUT2D eigenvalue weighted by molar-refractivity contribution is -0.137. The second-order valence-corrected chi connectivity index (χ2v) is 3.59. The van der Waals surface area contributed by atoms with Gasteiger partial charge < -0.3 is 16.7 Å². The summed E-state index contributed by atoms with van der Waals surface area (Å²) in [6, 6.07) is 0. The molecule has 0 saturated carbocycles. The Balaban J connectivity index is 0.000000557. The van der Waals surface area contributed by atoms with Crippen LogP contribution in [0.2, 0.25) is 0 Å². The Bertz CT molecular complexity index is 299. The van der Waals surface area contributed by atoms with E-state index < -0.39 is 0 Å². The molecule has 0 aliphatic carbocycles. The van der Waals surface area contributed by atoms with Gasteiger partial charge in [-0.15, -0.1) is 0 Å². The van der Waals surface area contributed by atoms with Crippen LogP contribution in [0.5, 0.6) is 0 Å². The van der Waals surface area contributed by atoms with Crippen molar-refractivity contribution in [1.82, 2.24) is 4.90 Å². The molecule has 6 nitrogen and oxygen atoms in total. The van der Waals surface area contributed by atoms with Crippen LogP contribution in [0.15, 0.2) is 16.8 Å². The number of carbonyl (C=O) groups is 1. The summed E-state index contributed by atoms with van der Waals surface area (Å²) in [5, 5.41) is 2.67. The van der Waals surface area contributed by atoms with E-state index in [0.29, 0.717) is 6.61 Å². The minimum absolute atomic E-state index is 0.193. The zero-order chi connectivity index (χ0) is 13.1. The van der Waals surface area contributed by atoms with Crippen LogP contribution >= 0.6 is 0 Å². The molecule has 1 aliphatic rings. The van der Waals surface area contributed by atoms with Crippen molar-refractivity contribution in [3.8, 4) is 0 Å². The lowest BCUT2D eigenvalue weighted by Gasteiger charge is -2.23. The second kappa shape index (κ2) is 9.57. The molecule has 1 heterocycles. The van der Waals surface area contributed by atoms with Gasteiger partial charge in [0, 0.05) is 19.2 Å². The van der Waals surface area contributed by atoms with E-state index in [2.05, 4.69) is 29.0 Å². The molecule has 96 valence electrons. The number of esters is 1. The van der Waals surface area contributed by atoms with Gasteiger partial charge in [0.05, 0.1) is 6.61 Å². The monoisotopic (exact) mass is 239 g/mol. The van der Waals surface area contributed by atoms with Crippen molar-refractivity contribution in [3.05, 3.63) is 29.1 Å². The summed E-state index contributed by atoms with van der Waals surface area (Å²) in [7, 11) is 4.91. The summed E-state index contributed by atoms with van der Waals surface area (Å²) in [5.41, 5.74) is 8.49. The van der Waals surface area contributed by atoms with E-state index in [4.69, 9.17) is 10.3 Å². The minimum atomic E-state index is -0.193. The van der Waals surface area contributed by atoms with Gasteiger partial charge >= 0.3 is 5.97 Å². The Hall–Kier alpha value is -1.65. The van der Waals surface area contributed by atoms with E-state index in [1.54, 1.807) is 6.08 Å². The van der Waals surface area contributed by atoms with E-state index >= 15 is 0 Å². The molecule has 0 aromatic carbocycles. The molecule has 0 bridgehead atoms. The van der Waals surface area contributed by atoms with Gasteiger partial charge in [0.1, 0.15) is 0 Å². The number of hydrogen-bond acceptors (Lipinski definition) is 4. The van der Waals surface area contributed by atoms with Crippen LogP contribution in [0, 0.1) is 7.05 Å². The van der Waals surface area contributed by atoms with Crippen molar-refractivity contribution < 1.29 is 9.53 Å². The number of carbonyl (C=O) groups excluding carboxylic acids is 1. The highest BCUT2D eigenvalue weighted by atomic mass is 16.5. The van der Waals surface area contributed by atoms with Crippen LogP contribution in [-0.4, -0.2) is 37.6 Å². The molecule has 6 heteroatoms. The SMILES string of the molecule is CCOC(=O)C=C1CCN(C)CC1.[CH2-]N=[N+]=[N-]. The van der Waals surface area contributed by atoms with Crippen molar-refractivity contribution in [2.75, 3.05) is 26.7 Å². The molecule has 0 atom stereocenters. The summed E-state index contributed by atoms with van der Waals surface area (Å²) in [6.07, 6.45) is 3.64. The zero-order valence-electron chi connectivity index (χ0n) is 10.4. The normalized spacial score (nSPS) is 15.1. The molecule has 1 rings (SSSR count). The van der Waals surface area contributed by atoms with E-state index in [-0.39, 0.29) is 5.97 Å². The summed E-state index contributed by atoms with van der Waals surface area (Å²) in [6.45, 7) is 4.38. The highest BCUT2D eigenvalue weighted by Crippen LogP contribution is 2.14. The van der Waals surface area contributed by atoms with E-state index in [9.17, 15) is 4.79 Å². The summed E-state index contributed by atoms with van der Waals surface area (Å²) < 4.78 is 4.84. The van der Waals surface area contributed by atoms with Crippen LogP contribution in [0.4, 0.5) is 0 Å². The first-order chi connectivity index (χ1) is 8.13. The Morgan fingerprint density at radius 2 is 2.18 bits per heavy atom. The molecule has 0 N–H and O–H groups in total. The van der Waals surface area contributed by atoms with Crippen molar-refractivity contribution in [2.45, 2.75) is 19.8 Å². The number of likely N-dealkylation sites (tertiary alicyclic amines) is 1. The highest BCUT2D eigenvalue weighted by Gasteiger charge is 2.10. The fraction of sp³-hybridized carbons (Fsp3) is 0.636. The first-order valence-electron chi connectivity index (χ1n) is 5.48. The molecule has 0 spiro atoms. The largest absolute Gasteiger partial charge is 0.463 e. The quantitative estimate of drug-likeness (QED) is 0.185. The predicted molar refractivity (Wildman–Crippen MR) is 66.0 cm³/mol. The van der Waals surface area contributed by atoms with Crippen LogP contribution in [0.1, 0.15) is 19.8 Å². The average Bonchev–Trinajstić information content (AvgIpc) is 2.33. The van der Waals surface area contributed by atoms with Gasteiger partial charge in [-0.25, -0.2) is 4.79 Å². The summed E-state index contributed by atoms with van der Waals surface area (Å²) in [5.74, 6) is -0.193. The number of hydrogen-bond donors (Lipinski definition) is 0. The molecule has 1 fully saturated rings. The number of ether oxygens (including phenoxy) is 1. The Morgan fingerprint density at radius 1 is 1.65 bits per heavy atom. The molecular weight excluding hydrogens is 220 g/mol. The molecular formula is C11H19N4O2-. The number of piperidine rings is 1. The van der Waals surface area contributed by atoms with Gasteiger partial charge in [-0.3, -0.25) is 5.11 Å². The molecule has 1 aliphatic heterocycles. The van der Waals surface area contributed by atoms with Gasteiger partial charge in [-0.1, -0.05) is 5.57 Å². The number of rotatable bonds is 2. The van der Waals surface area contributed by atoms with Crippen LogP contribution < -0.4 is 0 Å². The van der Waals surface area contributed by atoms with Gasteiger partial charge in [0.15, 0.2) is 0 Å². The predicted octanol–water partition coefficient (Wildman–Crippen LogP) is 2.29. The Morgan fingerprint density at radius 3 is 2.59 bits per heavy atom. The third-order valence-corrected chi connectivity index (χ3v) is 2.30. The highest BCUT2D eigenvalue weighted by molar-refractivity contribution is 5.82. The maximum atomic E-state index is 11.1. The molecule has 0 aromatic heterocycles. The summed E-state index contributed by atoms with van der Waals surface area (Å²) >= 11 is 0. The maximum Gasteiger partial charge on any atom is 0.330 e. The van der Waals surface area contributed by atoms with Crippen LogP contribution in [0.3, 0.4) is 0 Å². The summed E-state index contributed by atoms with van der Waals surface area (Å²) in [4.78, 5) is 15.6. The van der Waals surface area contributed by atoms with Crippen molar-refractivity contribution in [3.63, 3.8) is 0 Å². The first kappa shape index (κ1) is 15.3. The molecule has 0 amide bonds. The third kappa shape index (κ3) is 8.19. The molecule has 0 unspecified atom stereocenters. The fourth-order valence-electron chi connectivity index (χ4n) is 1.40. The number of nitrogens with zero attached hydrogens (tertiary/aromatic N) is 4. The van der Waals surface area contributed by atoms with Crippen molar-refractivity contribution in [1.29, 1.82) is 0 Å². The topological polar surface area (TPSA) is 78.3 Å². The van der Waals surface area contributed by atoms with E-state index in [0.717, 1.165) is 25.9 Å². The van der Waals surface area contributed by atoms with Gasteiger partial charge in [0.25, 0.3) is 0 Å². The molecule has 1 saturated heterocycles. The van der Waals surface area contributed by atoms with E-state index in [1.807, 2.05) is 6.92 Å². The lowest BCUT2D eigenvalue weighted by Crippen LogP contribution is -2.26. The van der Waals surface area contributed by atoms with Gasteiger partial charge in [-0.05, 0) is 37.3 Å². The lowest BCUT2D eigenvalue weighted by atomic mass is 10.0. The second-order valence-electron chi connectivity index (χ2n) is 3.59. The van der Waals surface area contributed by atoms with Gasteiger partial charge in [-0.2, -0.15) is 0 Å². The molecule has 0 radical (unpaired) electrons. The molecule has 0 aromatic rings. The Labute approximate surface area is 102 Å². The molecule has 17 heavy (non-hydrogen) atoms. The minimum Gasteiger partial charge on any atom is -0.463 e. The maximum absolute atomic E-state index is 11.1. The third-order valence-electron chi connectivity index (χ3n) is 2.30. The fourth-order valence-corrected chi connectivity index (χ4v) is 1.40. The van der Waals surface area contributed by atoms with E-state index in [1.165, 1.54) is 5.57 Å². The first-order valence-corrected chi connectivity index (χ1v) is 5.48. The van der Waals surface area contributed by atoms with Crippen molar-refractivity contribution >= 4 is 5.97 Å². The smallest absolute Gasteiger partial charge is 0.330 e. The van der Waals surface area contributed by atoms with Crippen LogP contribution in [0.25, 0.3) is 10.4 Å². The van der Waals surface area contributed by atoms with Crippen molar-refractivity contribution in [2.24, 2.45) is 5.11 Å². The van der Waals surface area contributed by atoms with Gasteiger partial charge in [0.2, 0.25) is 0 Å². The zero-order valence-corrected chi connectivity index (χ0v) is 10.4. The van der Waals surface area contributed by atoms with Crippen LogP contribution in [-0.2, 0) is 9.53 Å². The standard InChI is InChI=1S/C10H17NO2.CH2N3/c1-3-13-10(12)8-9-4-6-11(2)7-5-9;1-3-4-2/h8H,3-7H2,1-2H3;1H2/q;-1. The average molecular weight is 239 g/mol.